The summed E-state index contributed by atoms with van der Waals surface area (Å²) in [5.41, 5.74) is 2.34. The highest BCUT2D eigenvalue weighted by Crippen LogP contribution is 2.07. The van der Waals surface area contributed by atoms with Gasteiger partial charge in [0, 0.05) is 18.1 Å². The Bertz CT molecular complexity index is 393. The predicted octanol–water partition coefficient (Wildman–Crippen LogP) is 2.69. The smallest absolute Gasteiger partial charge is 0.253 e. The number of hydrogen-bond acceptors (Lipinski definition) is 2. The molecule has 1 N–H and O–H groups in total. The molecule has 0 aromatic carbocycles. The molecule has 4 heteroatoms. The number of carbonyl (C=O) groups is 1. The first-order chi connectivity index (χ1) is 8.04. The van der Waals surface area contributed by atoms with E-state index in [4.69, 9.17) is 11.6 Å². The zero-order chi connectivity index (χ0) is 12.8. The molecule has 0 aliphatic rings. The second kappa shape index (κ2) is 6.60. The maximum absolute atomic E-state index is 11.9. The molecule has 17 heavy (non-hydrogen) atoms. The first-order valence-electron chi connectivity index (χ1n) is 5.83. The van der Waals surface area contributed by atoms with Gasteiger partial charge in [0.25, 0.3) is 5.91 Å². The minimum Gasteiger partial charge on any atom is -0.352 e. The maximum Gasteiger partial charge on any atom is 0.253 e. The van der Waals surface area contributed by atoms with Gasteiger partial charge in [-0.25, -0.2) is 0 Å². The predicted molar refractivity (Wildman–Crippen MR) is 70.5 cm³/mol. The Morgan fingerprint density at radius 1 is 1.47 bits per heavy atom. The van der Waals surface area contributed by atoms with Gasteiger partial charge in [-0.1, -0.05) is 6.92 Å². The summed E-state index contributed by atoms with van der Waals surface area (Å²) in [4.78, 5) is 16.2. The van der Waals surface area contributed by atoms with E-state index in [0.717, 1.165) is 17.8 Å². The van der Waals surface area contributed by atoms with Crippen molar-refractivity contribution >= 4 is 17.5 Å². The van der Waals surface area contributed by atoms with E-state index in [1.165, 1.54) is 0 Å². The van der Waals surface area contributed by atoms with Gasteiger partial charge >= 0.3 is 0 Å². The van der Waals surface area contributed by atoms with Crippen molar-refractivity contribution in [2.45, 2.75) is 27.2 Å². The van der Waals surface area contributed by atoms with Crippen LogP contribution in [0.15, 0.2) is 12.1 Å². The molecule has 0 saturated heterocycles. The Labute approximate surface area is 108 Å². The van der Waals surface area contributed by atoms with Crippen molar-refractivity contribution < 1.29 is 4.79 Å². The van der Waals surface area contributed by atoms with E-state index in [2.05, 4.69) is 17.2 Å². The van der Waals surface area contributed by atoms with Crippen molar-refractivity contribution in [3.05, 3.63) is 29.1 Å². The third kappa shape index (κ3) is 4.35. The third-order valence-corrected chi connectivity index (χ3v) is 2.90. The number of nitrogens with one attached hydrogen (secondary N) is 1. The van der Waals surface area contributed by atoms with Crippen LogP contribution in [0.25, 0.3) is 0 Å². The molecule has 1 aromatic heterocycles. The lowest BCUT2D eigenvalue weighted by molar-refractivity contribution is 0.0947. The maximum atomic E-state index is 11.9. The Balaban J connectivity index is 2.58. The molecule has 0 aliphatic heterocycles. The molecule has 1 amide bonds. The Kier molecular flexibility index (Phi) is 5.42. The van der Waals surface area contributed by atoms with Crippen LogP contribution in [0, 0.1) is 19.8 Å². The van der Waals surface area contributed by atoms with E-state index in [1.54, 1.807) is 0 Å². The summed E-state index contributed by atoms with van der Waals surface area (Å²) >= 11 is 5.65. The largest absolute Gasteiger partial charge is 0.352 e. The van der Waals surface area contributed by atoms with Crippen LogP contribution in [-0.4, -0.2) is 23.3 Å². The number of nitrogens with zero attached hydrogens (tertiary/aromatic N) is 1. The molecule has 3 nitrogen and oxygen atoms in total. The van der Waals surface area contributed by atoms with Crippen molar-refractivity contribution in [1.29, 1.82) is 0 Å². The average Bonchev–Trinajstić information content (AvgIpc) is 2.26. The molecular weight excluding hydrogens is 236 g/mol. The molecule has 1 unspecified atom stereocenters. The highest BCUT2D eigenvalue weighted by molar-refractivity contribution is 6.17. The number of pyridine rings is 1. The van der Waals surface area contributed by atoms with Crippen LogP contribution in [-0.2, 0) is 0 Å². The van der Waals surface area contributed by atoms with E-state index in [-0.39, 0.29) is 5.91 Å². The van der Waals surface area contributed by atoms with Crippen molar-refractivity contribution in [2.75, 3.05) is 12.4 Å². The van der Waals surface area contributed by atoms with Crippen LogP contribution in [0.5, 0.6) is 0 Å². The molecule has 1 heterocycles. The van der Waals surface area contributed by atoms with Gasteiger partial charge in [-0.3, -0.25) is 9.78 Å². The summed E-state index contributed by atoms with van der Waals surface area (Å²) in [5.74, 6) is 0.967. The molecule has 0 aliphatic carbocycles. The van der Waals surface area contributed by atoms with E-state index in [9.17, 15) is 4.79 Å². The third-order valence-electron chi connectivity index (χ3n) is 2.68. The molecule has 1 atom stereocenters. The van der Waals surface area contributed by atoms with Crippen molar-refractivity contribution in [3.8, 4) is 0 Å². The summed E-state index contributed by atoms with van der Waals surface area (Å²) in [5, 5.41) is 2.91. The zero-order valence-electron chi connectivity index (χ0n) is 10.6. The van der Waals surface area contributed by atoms with Crippen molar-refractivity contribution in [1.82, 2.24) is 10.3 Å². The fourth-order valence-electron chi connectivity index (χ4n) is 1.58. The monoisotopic (exact) mass is 254 g/mol. The number of amides is 1. The van der Waals surface area contributed by atoms with E-state index in [0.29, 0.717) is 23.9 Å². The Hall–Kier alpha value is -1.09. The fourth-order valence-corrected chi connectivity index (χ4v) is 1.95. The van der Waals surface area contributed by atoms with Crippen molar-refractivity contribution in [3.63, 3.8) is 0 Å². The van der Waals surface area contributed by atoms with Gasteiger partial charge in [-0.2, -0.15) is 0 Å². The van der Waals surface area contributed by atoms with Gasteiger partial charge in [-0.15, -0.1) is 11.6 Å². The number of aryl methyl sites for hydroxylation is 2. The molecular formula is C13H19ClN2O. The molecule has 0 spiro atoms. The van der Waals surface area contributed by atoms with E-state index >= 15 is 0 Å². The zero-order valence-corrected chi connectivity index (χ0v) is 11.3. The van der Waals surface area contributed by atoms with Crippen molar-refractivity contribution in [2.24, 2.45) is 5.92 Å². The van der Waals surface area contributed by atoms with Crippen LogP contribution in [0.3, 0.4) is 0 Å². The van der Waals surface area contributed by atoms with Crippen LogP contribution in [0.1, 0.15) is 35.1 Å². The summed E-state index contributed by atoms with van der Waals surface area (Å²) < 4.78 is 0. The Morgan fingerprint density at radius 3 is 2.76 bits per heavy atom. The number of halogens is 1. The van der Waals surface area contributed by atoms with Crippen LogP contribution in [0.2, 0.25) is 0 Å². The molecule has 1 rings (SSSR count). The summed E-state index contributed by atoms with van der Waals surface area (Å²) in [6.45, 7) is 6.49. The molecule has 94 valence electrons. The number of alkyl halides is 1. The number of carbonyl (C=O) groups excluding carboxylic acids is 1. The Morgan fingerprint density at radius 2 is 2.18 bits per heavy atom. The van der Waals surface area contributed by atoms with Gasteiger partial charge in [0.2, 0.25) is 0 Å². The number of rotatable bonds is 5. The molecule has 1 aromatic rings. The summed E-state index contributed by atoms with van der Waals surface area (Å²) in [7, 11) is 0. The van der Waals surface area contributed by atoms with Crippen LogP contribution < -0.4 is 5.32 Å². The second-order valence-electron chi connectivity index (χ2n) is 4.38. The van der Waals surface area contributed by atoms with Gasteiger partial charge in [-0.05, 0) is 38.3 Å². The number of aromatic nitrogens is 1. The summed E-state index contributed by atoms with van der Waals surface area (Å²) in [6.07, 6.45) is 0.910. The number of hydrogen-bond donors (Lipinski definition) is 1. The van der Waals surface area contributed by atoms with Gasteiger partial charge < -0.3 is 5.32 Å². The van der Waals surface area contributed by atoms with E-state index < -0.39 is 0 Å². The lowest BCUT2D eigenvalue weighted by atomic mass is 10.1. The van der Waals surface area contributed by atoms with Crippen LogP contribution >= 0.6 is 11.6 Å². The fraction of sp³-hybridized carbons (Fsp3) is 0.538. The first-order valence-corrected chi connectivity index (χ1v) is 6.36. The molecule has 0 fully saturated rings. The van der Waals surface area contributed by atoms with Gasteiger partial charge in [0.15, 0.2) is 0 Å². The average molecular weight is 255 g/mol. The van der Waals surface area contributed by atoms with Crippen LogP contribution in [0.4, 0.5) is 0 Å². The molecule has 0 bridgehead atoms. The minimum atomic E-state index is -0.0589. The highest BCUT2D eigenvalue weighted by Gasteiger charge is 2.10. The minimum absolute atomic E-state index is 0.0589. The lowest BCUT2D eigenvalue weighted by Crippen LogP contribution is -2.29. The van der Waals surface area contributed by atoms with Gasteiger partial charge in [0.05, 0.1) is 11.3 Å². The quantitative estimate of drug-likeness (QED) is 0.821. The molecule has 0 saturated carbocycles. The molecule has 0 radical (unpaired) electrons. The topological polar surface area (TPSA) is 42.0 Å². The highest BCUT2D eigenvalue weighted by atomic mass is 35.5. The lowest BCUT2D eigenvalue weighted by Gasteiger charge is -2.12. The first kappa shape index (κ1) is 14.0. The van der Waals surface area contributed by atoms with E-state index in [1.807, 2.05) is 26.0 Å². The normalized spacial score (nSPS) is 12.2. The second-order valence-corrected chi connectivity index (χ2v) is 4.76. The summed E-state index contributed by atoms with van der Waals surface area (Å²) in [6, 6.07) is 3.67. The SMILES string of the molecule is Cc1ccc(C(=O)NCC(C)CCCl)c(C)n1. The standard InChI is InChI=1S/C13H19ClN2O/c1-9(6-7-14)8-15-13(17)12-5-4-10(2)16-11(12)3/h4-5,9H,6-8H2,1-3H3,(H,15,17). The van der Waals surface area contributed by atoms with Gasteiger partial charge in [0.1, 0.15) is 0 Å².